The summed E-state index contributed by atoms with van der Waals surface area (Å²) in [4.78, 5) is 13.5. The number of hydrogen-bond donors (Lipinski definition) is 1. The monoisotopic (exact) mass is 503 g/mol. The Morgan fingerprint density at radius 1 is 1.21 bits per heavy atom. The van der Waals surface area contributed by atoms with Crippen molar-refractivity contribution in [1.82, 2.24) is 29.5 Å². The molecule has 1 N–H and O–H groups in total. The summed E-state index contributed by atoms with van der Waals surface area (Å²) in [6.45, 7) is 7.34. The molecule has 0 aliphatic carbocycles. The Kier molecular flexibility index (Phi) is 7.30. The van der Waals surface area contributed by atoms with Gasteiger partial charge in [0.25, 0.3) is 0 Å². The van der Waals surface area contributed by atoms with Gasteiger partial charge in [-0.05, 0) is 27.0 Å². The van der Waals surface area contributed by atoms with Crippen LogP contribution < -0.4 is 10.1 Å². The second-order valence-corrected chi connectivity index (χ2v) is 9.24. The number of likely N-dealkylation sites (N-methyl/N-ethyl adjacent to an activating group) is 1. The van der Waals surface area contributed by atoms with Gasteiger partial charge in [-0.2, -0.15) is 5.10 Å². The maximum absolute atomic E-state index is 15.1. The highest BCUT2D eigenvalue weighted by atomic mass is 35.5. The number of aromatic nitrogens is 4. The summed E-state index contributed by atoms with van der Waals surface area (Å²) in [5.41, 5.74) is 2.00. The summed E-state index contributed by atoms with van der Waals surface area (Å²) in [5.74, 6) is 0.240. The highest BCUT2D eigenvalue weighted by Gasteiger charge is 2.22. The first kappa shape index (κ1) is 24.3. The van der Waals surface area contributed by atoms with Gasteiger partial charge in [0.05, 0.1) is 35.9 Å². The summed E-state index contributed by atoms with van der Waals surface area (Å²) in [7, 11) is 3.58. The molecule has 1 aliphatic heterocycles. The van der Waals surface area contributed by atoms with E-state index in [2.05, 4.69) is 32.3 Å². The summed E-state index contributed by atoms with van der Waals surface area (Å²) in [5, 5.41) is 7.78. The molecule has 0 saturated carbocycles. The lowest BCUT2D eigenvalue weighted by Gasteiger charge is -2.34. The lowest BCUT2D eigenvalue weighted by Crippen LogP contribution is -2.47. The minimum Gasteiger partial charge on any atom is -0.495 e. The van der Waals surface area contributed by atoms with Crippen molar-refractivity contribution >= 4 is 40.4 Å². The number of ether oxygens (including phenoxy) is 1. The standard InChI is InChI=1S/C23H27ClFN7OS/c1-14(2)32-13-15(11-27-32)21-17(24)12-26-23(29-21)28-19-10-18(25)16(9-20(19)33-4)22(34)31-7-5-30(3)6-8-31/h9-14H,5-8H2,1-4H3,(H,26,28,29). The summed E-state index contributed by atoms with van der Waals surface area (Å²) in [6.07, 6.45) is 5.07. The van der Waals surface area contributed by atoms with Crippen LogP contribution in [0.5, 0.6) is 5.75 Å². The lowest BCUT2D eigenvalue weighted by atomic mass is 10.1. The first-order valence-electron chi connectivity index (χ1n) is 11.0. The number of anilines is 2. The third kappa shape index (κ3) is 5.13. The molecular formula is C23H27ClFN7OS. The molecule has 0 atom stereocenters. The normalized spacial score (nSPS) is 14.5. The molecule has 0 bridgehead atoms. The smallest absolute Gasteiger partial charge is 0.227 e. The zero-order chi connectivity index (χ0) is 24.4. The number of thiocarbonyl (C=S) groups is 1. The van der Waals surface area contributed by atoms with Gasteiger partial charge in [0, 0.05) is 55.6 Å². The molecular weight excluding hydrogens is 477 g/mol. The van der Waals surface area contributed by atoms with Crippen molar-refractivity contribution < 1.29 is 9.13 Å². The Labute approximate surface area is 208 Å². The largest absolute Gasteiger partial charge is 0.495 e. The van der Waals surface area contributed by atoms with Gasteiger partial charge in [0.15, 0.2) is 0 Å². The average Bonchev–Trinajstić information content (AvgIpc) is 3.31. The number of nitrogens with zero attached hydrogens (tertiary/aromatic N) is 6. The summed E-state index contributed by atoms with van der Waals surface area (Å²) >= 11 is 11.9. The van der Waals surface area contributed by atoms with E-state index < -0.39 is 5.82 Å². The number of nitrogens with one attached hydrogen (secondary N) is 1. The number of rotatable bonds is 6. The van der Waals surface area contributed by atoms with Gasteiger partial charge in [-0.15, -0.1) is 0 Å². The van der Waals surface area contributed by atoms with Gasteiger partial charge in [0.2, 0.25) is 5.95 Å². The van der Waals surface area contributed by atoms with Crippen molar-refractivity contribution in [2.75, 3.05) is 45.7 Å². The Balaban J connectivity index is 1.60. The molecule has 0 radical (unpaired) electrons. The lowest BCUT2D eigenvalue weighted by molar-refractivity contribution is 0.217. The van der Waals surface area contributed by atoms with E-state index in [4.69, 9.17) is 28.6 Å². The molecule has 11 heteroatoms. The fourth-order valence-electron chi connectivity index (χ4n) is 3.66. The Morgan fingerprint density at radius 3 is 2.59 bits per heavy atom. The molecule has 1 aromatic carbocycles. The first-order chi connectivity index (χ1) is 16.3. The van der Waals surface area contributed by atoms with Crippen LogP contribution in [0.1, 0.15) is 25.5 Å². The quantitative estimate of drug-likeness (QED) is 0.497. The predicted octanol–water partition coefficient (Wildman–Crippen LogP) is 4.39. The molecule has 3 heterocycles. The molecule has 180 valence electrons. The highest BCUT2D eigenvalue weighted by molar-refractivity contribution is 7.80. The second-order valence-electron chi connectivity index (χ2n) is 8.45. The van der Waals surface area contributed by atoms with Crippen molar-refractivity contribution in [2.45, 2.75) is 19.9 Å². The molecule has 4 rings (SSSR count). The van der Waals surface area contributed by atoms with E-state index in [9.17, 15) is 0 Å². The van der Waals surface area contributed by atoms with Gasteiger partial charge < -0.3 is 19.9 Å². The maximum atomic E-state index is 15.1. The Morgan fingerprint density at radius 2 is 1.94 bits per heavy atom. The van der Waals surface area contributed by atoms with E-state index in [1.54, 1.807) is 12.3 Å². The van der Waals surface area contributed by atoms with Crippen LogP contribution >= 0.6 is 23.8 Å². The summed E-state index contributed by atoms with van der Waals surface area (Å²) in [6, 6.07) is 3.17. The molecule has 1 saturated heterocycles. The van der Waals surface area contributed by atoms with E-state index in [0.29, 0.717) is 32.7 Å². The van der Waals surface area contributed by atoms with E-state index in [1.165, 1.54) is 19.4 Å². The number of methoxy groups -OCH3 is 1. The van der Waals surface area contributed by atoms with Crippen molar-refractivity contribution in [3.63, 3.8) is 0 Å². The van der Waals surface area contributed by atoms with E-state index in [1.807, 2.05) is 29.6 Å². The van der Waals surface area contributed by atoms with Crippen LogP contribution in [0.4, 0.5) is 16.0 Å². The van der Waals surface area contributed by atoms with Crippen LogP contribution in [-0.2, 0) is 0 Å². The van der Waals surface area contributed by atoms with Crippen LogP contribution in [0.15, 0.2) is 30.7 Å². The molecule has 1 aliphatic rings. The van der Waals surface area contributed by atoms with Crippen LogP contribution in [-0.4, -0.2) is 74.9 Å². The third-order valence-corrected chi connectivity index (χ3v) is 6.46. The van der Waals surface area contributed by atoms with Gasteiger partial charge in [0.1, 0.15) is 16.6 Å². The van der Waals surface area contributed by atoms with E-state index >= 15 is 4.39 Å². The topological polar surface area (TPSA) is 71.3 Å². The van der Waals surface area contributed by atoms with Crippen molar-refractivity contribution in [2.24, 2.45) is 0 Å². The molecule has 2 aromatic heterocycles. The van der Waals surface area contributed by atoms with Gasteiger partial charge in [-0.3, -0.25) is 4.68 Å². The zero-order valence-electron chi connectivity index (χ0n) is 19.5. The molecule has 0 amide bonds. The summed E-state index contributed by atoms with van der Waals surface area (Å²) < 4.78 is 22.5. The fraction of sp³-hybridized carbons (Fsp3) is 0.391. The average molecular weight is 504 g/mol. The Bertz CT molecular complexity index is 1190. The number of hydrogen-bond acceptors (Lipinski definition) is 7. The minimum absolute atomic E-state index is 0.203. The van der Waals surface area contributed by atoms with Crippen LogP contribution in [0.25, 0.3) is 11.3 Å². The van der Waals surface area contributed by atoms with Crippen LogP contribution in [0.2, 0.25) is 5.02 Å². The number of benzene rings is 1. The Hall–Kier alpha value is -2.82. The molecule has 34 heavy (non-hydrogen) atoms. The molecule has 8 nitrogen and oxygen atoms in total. The van der Waals surface area contributed by atoms with E-state index in [0.717, 1.165) is 31.7 Å². The molecule has 3 aromatic rings. The van der Waals surface area contributed by atoms with Gasteiger partial charge in [-0.25, -0.2) is 14.4 Å². The number of halogens is 2. The predicted molar refractivity (Wildman–Crippen MR) is 136 cm³/mol. The van der Waals surface area contributed by atoms with Gasteiger partial charge in [-0.1, -0.05) is 23.8 Å². The van der Waals surface area contributed by atoms with Crippen molar-refractivity contribution in [3.05, 3.63) is 47.1 Å². The first-order valence-corrected chi connectivity index (χ1v) is 11.7. The zero-order valence-corrected chi connectivity index (χ0v) is 21.1. The molecule has 0 unspecified atom stereocenters. The second kappa shape index (κ2) is 10.2. The van der Waals surface area contributed by atoms with Crippen molar-refractivity contribution in [1.29, 1.82) is 0 Å². The van der Waals surface area contributed by atoms with E-state index in [-0.39, 0.29) is 12.0 Å². The van der Waals surface area contributed by atoms with Crippen LogP contribution in [0, 0.1) is 5.82 Å². The third-order valence-electron chi connectivity index (χ3n) is 5.70. The van der Waals surface area contributed by atoms with Crippen LogP contribution in [0.3, 0.4) is 0 Å². The fourth-order valence-corrected chi connectivity index (χ4v) is 4.20. The SMILES string of the molecule is COc1cc(C(=S)N2CCN(C)CC2)c(F)cc1Nc1ncc(Cl)c(-c2cnn(C(C)C)c2)n1. The van der Waals surface area contributed by atoms with Gasteiger partial charge >= 0.3 is 0 Å². The van der Waals surface area contributed by atoms with Crippen molar-refractivity contribution in [3.8, 4) is 17.0 Å². The molecule has 1 fully saturated rings. The molecule has 0 spiro atoms. The number of piperazine rings is 1. The maximum Gasteiger partial charge on any atom is 0.227 e. The highest BCUT2D eigenvalue weighted by Crippen LogP contribution is 2.32. The minimum atomic E-state index is -0.445.